The van der Waals surface area contributed by atoms with Gasteiger partial charge in [-0.05, 0) is 63.9 Å². The van der Waals surface area contributed by atoms with Crippen molar-refractivity contribution in [3.8, 4) is 0 Å². The number of allylic oxidation sites excluding steroid dienone is 2. The van der Waals surface area contributed by atoms with Crippen LogP contribution < -0.4 is 0 Å². The minimum Gasteiger partial charge on any atom is -0.392 e. The largest absolute Gasteiger partial charge is 0.392 e. The summed E-state index contributed by atoms with van der Waals surface area (Å²) in [5, 5.41) is 30.6. The van der Waals surface area contributed by atoms with Gasteiger partial charge in [-0.3, -0.25) is 0 Å². The summed E-state index contributed by atoms with van der Waals surface area (Å²) < 4.78 is 5.92. The number of aliphatic hydroxyl groups is 3. The number of fused-ring (bicyclic) bond motifs is 1. The van der Waals surface area contributed by atoms with Crippen LogP contribution in [0.4, 0.5) is 0 Å². The van der Waals surface area contributed by atoms with Crippen LogP contribution in [0.3, 0.4) is 0 Å². The van der Waals surface area contributed by atoms with Gasteiger partial charge in [-0.2, -0.15) is 0 Å². The molecule has 0 spiro atoms. The highest BCUT2D eigenvalue weighted by atomic mass is 16.6. The van der Waals surface area contributed by atoms with E-state index in [1.165, 1.54) is 5.57 Å². The number of aliphatic hydroxyl groups excluding tert-OH is 2. The van der Waals surface area contributed by atoms with Gasteiger partial charge < -0.3 is 20.1 Å². The van der Waals surface area contributed by atoms with Crippen molar-refractivity contribution in [2.75, 3.05) is 6.61 Å². The summed E-state index contributed by atoms with van der Waals surface area (Å²) in [5.74, 6) is 0.338. The van der Waals surface area contributed by atoms with E-state index in [1.807, 2.05) is 12.2 Å². The molecule has 4 heteroatoms. The molecule has 1 aliphatic heterocycles. The first-order chi connectivity index (χ1) is 11.2. The third-order valence-electron chi connectivity index (χ3n) is 5.71. The molecule has 0 bridgehead atoms. The minimum absolute atomic E-state index is 0.0472. The van der Waals surface area contributed by atoms with Crippen LogP contribution >= 0.6 is 0 Å². The molecule has 0 unspecified atom stereocenters. The Morgan fingerprint density at radius 1 is 1.25 bits per heavy atom. The van der Waals surface area contributed by atoms with Gasteiger partial charge >= 0.3 is 0 Å². The summed E-state index contributed by atoms with van der Waals surface area (Å²) in [6.07, 6.45) is 7.90. The van der Waals surface area contributed by atoms with E-state index >= 15 is 0 Å². The lowest BCUT2D eigenvalue weighted by molar-refractivity contribution is -0.0433. The highest BCUT2D eigenvalue weighted by Gasteiger charge is 2.50. The quantitative estimate of drug-likeness (QED) is 0.534. The highest BCUT2D eigenvalue weighted by molar-refractivity contribution is 5.15. The van der Waals surface area contributed by atoms with E-state index in [4.69, 9.17) is 4.74 Å². The lowest BCUT2D eigenvalue weighted by Gasteiger charge is -2.28. The van der Waals surface area contributed by atoms with Crippen LogP contribution in [0.2, 0.25) is 0 Å². The Morgan fingerprint density at radius 2 is 1.96 bits per heavy atom. The summed E-state index contributed by atoms with van der Waals surface area (Å²) >= 11 is 0. The predicted octanol–water partition coefficient (Wildman–Crippen LogP) is 3.11. The molecule has 4 atom stereocenters. The maximum Gasteiger partial charge on any atom is 0.101 e. The Morgan fingerprint density at radius 3 is 2.58 bits per heavy atom. The zero-order valence-corrected chi connectivity index (χ0v) is 15.6. The third kappa shape index (κ3) is 4.92. The number of rotatable bonds is 2. The number of ether oxygens (including phenoxy) is 1. The van der Waals surface area contributed by atoms with Gasteiger partial charge in [-0.1, -0.05) is 31.6 Å². The number of hydrogen-bond donors (Lipinski definition) is 3. The molecule has 0 aromatic carbocycles. The van der Waals surface area contributed by atoms with Crippen LogP contribution in [0.5, 0.6) is 0 Å². The molecule has 24 heavy (non-hydrogen) atoms. The fraction of sp³-hybridized carbons (Fsp3) is 0.800. The molecule has 1 fully saturated rings. The second-order valence-electron chi connectivity index (χ2n) is 8.22. The molecule has 0 aromatic rings. The van der Waals surface area contributed by atoms with Crippen molar-refractivity contribution in [2.45, 2.75) is 89.6 Å². The van der Waals surface area contributed by atoms with Crippen molar-refractivity contribution in [1.29, 1.82) is 0 Å². The van der Waals surface area contributed by atoms with Gasteiger partial charge in [-0.25, -0.2) is 0 Å². The molecule has 1 aliphatic carbocycles. The highest BCUT2D eigenvalue weighted by Crippen LogP contribution is 2.44. The summed E-state index contributed by atoms with van der Waals surface area (Å²) in [5.41, 5.74) is 0.922. The van der Waals surface area contributed by atoms with E-state index in [1.54, 1.807) is 6.92 Å². The van der Waals surface area contributed by atoms with Crippen molar-refractivity contribution < 1.29 is 20.1 Å². The second-order valence-corrected chi connectivity index (χ2v) is 8.22. The van der Waals surface area contributed by atoms with Crippen LogP contribution in [0.25, 0.3) is 0 Å². The van der Waals surface area contributed by atoms with E-state index in [2.05, 4.69) is 20.8 Å². The molecule has 2 aliphatic rings. The molecule has 138 valence electrons. The average Bonchev–Trinajstić information content (AvgIpc) is 3.16. The van der Waals surface area contributed by atoms with Gasteiger partial charge in [0.05, 0.1) is 23.9 Å². The Balaban J connectivity index is 2.20. The molecule has 1 heterocycles. The standard InChI is InChI=1S/C20H34O4/c1-14(2)16-9-11-20(4)18(24-20)8-7-15(13-21)6-5-10-19(3,23)17(22)12-16/h6,12,14,17-18,21-23H,5,7-11,13H2,1-4H3/b15-6+,16-12+/t17-,18-,19+,20-/m0/s1. The number of hydrogen-bond acceptors (Lipinski definition) is 4. The van der Waals surface area contributed by atoms with Gasteiger partial charge in [0.15, 0.2) is 0 Å². The van der Waals surface area contributed by atoms with Crippen molar-refractivity contribution in [1.82, 2.24) is 0 Å². The lowest BCUT2D eigenvalue weighted by atomic mass is 9.86. The summed E-state index contributed by atoms with van der Waals surface area (Å²) in [6.45, 7) is 8.13. The van der Waals surface area contributed by atoms with Gasteiger partial charge in [-0.15, -0.1) is 0 Å². The first-order valence-corrected chi connectivity index (χ1v) is 9.25. The Bertz CT molecular complexity index is 492. The second kappa shape index (κ2) is 7.69. The van der Waals surface area contributed by atoms with E-state index in [0.717, 1.165) is 31.3 Å². The van der Waals surface area contributed by atoms with E-state index in [9.17, 15) is 15.3 Å². The lowest BCUT2D eigenvalue weighted by Crippen LogP contribution is -2.38. The van der Waals surface area contributed by atoms with Crippen molar-refractivity contribution >= 4 is 0 Å². The Kier molecular flexibility index (Phi) is 6.29. The van der Waals surface area contributed by atoms with Gasteiger partial charge in [0.1, 0.15) is 6.10 Å². The number of epoxide rings is 1. The molecule has 1 saturated heterocycles. The van der Waals surface area contributed by atoms with Crippen LogP contribution in [0.1, 0.15) is 66.2 Å². The van der Waals surface area contributed by atoms with Gasteiger partial charge in [0.2, 0.25) is 0 Å². The van der Waals surface area contributed by atoms with Crippen LogP contribution in [-0.2, 0) is 4.74 Å². The first kappa shape index (κ1) is 19.6. The summed E-state index contributed by atoms with van der Waals surface area (Å²) in [6, 6.07) is 0. The fourth-order valence-corrected chi connectivity index (χ4v) is 3.49. The zero-order valence-electron chi connectivity index (χ0n) is 15.6. The molecule has 0 amide bonds. The molecule has 0 aromatic heterocycles. The average molecular weight is 338 g/mol. The van der Waals surface area contributed by atoms with Crippen molar-refractivity contribution in [3.63, 3.8) is 0 Å². The molecule has 4 nitrogen and oxygen atoms in total. The minimum atomic E-state index is -1.16. The van der Waals surface area contributed by atoms with E-state index in [-0.39, 0.29) is 18.3 Å². The van der Waals surface area contributed by atoms with Crippen LogP contribution in [0.15, 0.2) is 23.3 Å². The van der Waals surface area contributed by atoms with Crippen LogP contribution in [-0.4, -0.2) is 45.3 Å². The van der Waals surface area contributed by atoms with Crippen molar-refractivity contribution in [3.05, 3.63) is 23.3 Å². The maximum absolute atomic E-state index is 10.6. The normalized spacial score (nSPS) is 43.2. The SMILES string of the molecule is CC(C)/C1=C/[C@H](O)[C@](C)(O)CC/C=C(/CO)CC[C@@H]2O[C@@]2(C)CC1. The molecule has 0 radical (unpaired) electrons. The fourth-order valence-electron chi connectivity index (χ4n) is 3.49. The monoisotopic (exact) mass is 338 g/mol. The molecule has 3 N–H and O–H groups in total. The van der Waals surface area contributed by atoms with E-state index < -0.39 is 11.7 Å². The van der Waals surface area contributed by atoms with E-state index in [0.29, 0.717) is 18.8 Å². The molecule has 0 saturated carbocycles. The first-order valence-electron chi connectivity index (χ1n) is 9.25. The molecular weight excluding hydrogens is 304 g/mol. The summed E-state index contributed by atoms with van der Waals surface area (Å²) in [4.78, 5) is 0. The Labute approximate surface area is 146 Å². The van der Waals surface area contributed by atoms with Crippen molar-refractivity contribution in [2.24, 2.45) is 5.92 Å². The third-order valence-corrected chi connectivity index (χ3v) is 5.71. The summed E-state index contributed by atoms with van der Waals surface area (Å²) in [7, 11) is 0. The molecular formula is C20H34O4. The Hall–Kier alpha value is -0.680. The molecule has 2 rings (SSSR count). The van der Waals surface area contributed by atoms with Crippen LogP contribution in [0, 0.1) is 5.92 Å². The van der Waals surface area contributed by atoms with Gasteiger partial charge in [0.25, 0.3) is 0 Å². The predicted molar refractivity (Wildman–Crippen MR) is 95.7 cm³/mol. The zero-order chi connectivity index (χ0) is 18.0. The van der Waals surface area contributed by atoms with Gasteiger partial charge in [0, 0.05) is 0 Å². The topological polar surface area (TPSA) is 73.2 Å². The smallest absolute Gasteiger partial charge is 0.101 e. The maximum atomic E-state index is 10.6.